The predicted octanol–water partition coefficient (Wildman–Crippen LogP) is 7.84. The van der Waals surface area contributed by atoms with Gasteiger partial charge in [-0.3, -0.25) is 18.6 Å². The highest BCUT2D eigenvalue weighted by molar-refractivity contribution is 7.81. The van der Waals surface area contributed by atoms with E-state index in [2.05, 4.69) is 27.7 Å². The summed E-state index contributed by atoms with van der Waals surface area (Å²) in [6.07, 6.45) is 11.8. The first-order chi connectivity index (χ1) is 16.3. The van der Waals surface area contributed by atoms with Crippen LogP contribution in [0, 0.1) is 11.8 Å². The number of halogens is 1. The Kier molecular flexibility index (Phi) is 21.3. The Morgan fingerprint density at radius 2 is 1.00 bits per heavy atom. The number of hydrogen-bond donors (Lipinski definition) is 0. The van der Waals surface area contributed by atoms with Gasteiger partial charge in [-0.2, -0.15) is 0 Å². The molecular weight excluding hydrogens is 479 g/mol. The standard InChI is InChI=1S/C25H48ClO7P/c1-5-9-14-22(15-10-6-2)24(27)30-18-13-19-32-34(26,29)33-21-20-31-25(28)23(16-11-7-3)17-12-8-4/h22-23H,5-21H2,1-4H3. The fourth-order valence-corrected chi connectivity index (χ4v) is 4.66. The molecule has 0 aromatic rings. The van der Waals surface area contributed by atoms with Crippen LogP contribution in [0.15, 0.2) is 0 Å². The van der Waals surface area contributed by atoms with Gasteiger partial charge in [0.2, 0.25) is 0 Å². The van der Waals surface area contributed by atoms with E-state index >= 15 is 0 Å². The number of carbonyl (C=O) groups excluding carboxylic acids is 2. The summed E-state index contributed by atoms with van der Waals surface area (Å²) in [5.41, 5.74) is 0. The SMILES string of the molecule is CCCCC(CCCC)C(=O)OCCCOP(=O)(Cl)OCCOC(=O)C(CCCC)CCCC. The minimum atomic E-state index is -3.78. The normalized spacial score (nSPS) is 13.3. The van der Waals surface area contributed by atoms with Gasteiger partial charge in [-0.25, -0.2) is 4.57 Å². The van der Waals surface area contributed by atoms with E-state index in [1.54, 1.807) is 0 Å². The molecule has 0 aromatic heterocycles. The largest absolute Gasteiger partial charge is 0.465 e. The van der Waals surface area contributed by atoms with Crippen LogP contribution in [0.1, 0.15) is 111 Å². The highest BCUT2D eigenvalue weighted by atomic mass is 35.7. The highest BCUT2D eigenvalue weighted by Gasteiger charge is 2.23. The van der Waals surface area contributed by atoms with Crippen molar-refractivity contribution in [2.24, 2.45) is 11.8 Å². The topological polar surface area (TPSA) is 88.1 Å². The van der Waals surface area contributed by atoms with Gasteiger partial charge in [-0.15, -0.1) is 0 Å². The number of carbonyl (C=O) groups is 2. The first kappa shape index (κ1) is 33.4. The Morgan fingerprint density at radius 1 is 0.618 bits per heavy atom. The Labute approximate surface area is 212 Å². The molecule has 0 bridgehead atoms. The van der Waals surface area contributed by atoms with Crippen LogP contribution in [0.5, 0.6) is 0 Å². The molecule has 0 amide bonds. The van der Waals surface area contributed by atoms with E-state index in [1.165, 1.54) is 0 Å². The lowest BCUT2D eigenvalue weighted by molar-refractivity contribution is -0.150. The zero-order chi connectivity index (χ0) is 25.7. The number of ether oxygens (including phenoxy) is 2. The molecule has 202 valence electrons. The van der Waals surface area contributed by atoms with Crippen molar-refractivity contribution in [3.8, 4) is 0 Å². The fourth-order valence-electron chi connectivity index (χ4n) is 3.53. The molecule has 0 aliphatic heterocycles. The second-order valence-corrected chi connectivity index (χ2v) is 11.4. The third-order valence-corrected chi connectivity index (χ3v) is 7.21. The summed E-state index contributed by atoms with van der Waals surface area (Å²) in [5.74, 6) is -0.584. The van der Waals surface area contributed by atoms with E-state index < -0.39 is 6.95 Å². The van der Waals surface area contributed by atoms with Crippen LogP contribution < -0.4 is 0 Å². The van der Waals surface area contributed by atoms with Gasteiger partial charge in [0.1, 0.15) is 6.61 Å². The van der Waals surface area contributed by atoms with Gasteiger partial charge in [-0.1, -0.05) is 79.1 Å². The van der Waals surface area contributed by atoms with Gasteiger partial charge in [0, 0.05) is 17.7 Å². The van der Waals surface area contributed by atoms with Crippen molar-refractivity contribution in [1.29, 1.82) is 0 Å². The molecule has 34 heavy (non-hydrogen) atoms. The highest BCUT2D eigenvalue weighted by Crippen LogP contribution is 2.53. The summed E-state index contributed by atoms with van der Waals surface area (Å²) >= 11 is 5.82. The summed E-state index contributed by atoms with van der Waals surface area (Å²) in [6, 6.07) is 0. The maximum Gasteiger partial charge on any atom is 0.424 e. The van der Waals surface area contributed by atoms with Crippen molar-refractivity contribution in [1.82, 2.24) is 0 Å². The summed E-state index contributed by atoms with van der Waals surface area (Å²) in [4.78, 5) is 24.6. The molecule has 9 heteroatoms. The molecule has 0 saturated heterocycles. The molecule has 0 N–H and O–H groups in total. The molecule has 0 rings (SSSR count). The van der Waals surface area contributed by atoms with Crippen molar-refractivity contribution in [3.63, 3.8) is 0 Å². The zero-order valence-corrected chi connectivity index (χ0v) is 23.5. The minimum Gasteiger partial charge on any atom is -0.465 e. The third kappa shape index (κ3) is 17.8. The molecule has 0 fully saturated rings. The number of unbranched alkanes of at least 4 members (excludes halogenated alkanes) is 4. The van der Waals surface area contributed by atoms with Crippen LogP contribution in [0.2, 0.25) is 0 Å². The summed E-state index contributed by atoms with van der Waals surface area (Å²) in [6.45, 7) is 4.70. The van der Waals surface area contributed by atoms with Gasteiger partial charge in [-0.05, 0) is 25.7 Å². The van der Waals surface area contributed by atoms with Gasteiger partial charge in [0.15, 0.2) is 0 Å². The van der Waals surface area contributed by atoms with Crippen molar-refractivity contribution in [2.45, 2.75) is 111 Å². The van der Waals surface area contributed by atoms with Gasteiger partial charge in [0.25, 0.3) is 0 Å². The molecule has 1 atom stereocenters. The Hall–Kier alpha value is -0.620. The van der Waals surface area contributed by atoms with Gasteiger partial charge < -0.3 is 9.47 Å². The molecule has 0 aromatic carbocycles. The number of rotatable bonds is 23. The monoisotopic (exact) mass is 526 g/mol. The maximum atomic E-state index is 12.3. The lowest BCUT2D eigenvalue weighted by atomic mass is 9.96. The second-order valence-electron chi connectivity index (χ2n) is 8.75. The molecule has 0 spiro atoms. The van der Waals surface area contributed by atoms with E-state index in [0.29, 0.717) is 6.42 Å². The average Bonchev–Trinajstić information content (AvgIpc) is 2.81. The lowest BCUT2D eigenvalue weighted by Gasteiger charge is -2.17. The first-order valence-electron chi connectivity index (χ1n) is 13.2. The van der Waals surface area contributed by atoms with Crippen molar-refractivity contribution < 1.29 is 32.7 Å². The Bertz CT molecular complexity index is 557. The lowest BCUT2D eigenvalue weighted by Crippen LogP contribution is -2.20. The minimum absolute atomic E-state index is 0.0256. The molecule has 0 heterocycles. The third-order valence-electron chi connectivity index (χ3n) is 5.64. The van der Waals surface area contributed by atoms with Gasteiger partial charge >= 0.3 is 18.9 Å². The molecule has 0 aliphatic carbocycles. The summed E-state index contributed by atoms with van der Waals surface area (Å²) in [7, 11) is 0. The van der Waals surface area contributed by atoms with Crippen LogP contribution >= 0.6 is 18.2 Å². The van der Waals surface area contributed by atoms with E-state index in [1.807, 2.05) is 0 Å². The van der Waals surface area contributed by atoms with Crippen molar-refractivity contribution >= 4 is 30.1 Å². The second kappa shape index (κ2) is 21.6. The van der Waals surface area contributed by atoms with E-state index in [0.717, 1.165) is 77.0 Å². The van der Waals surface area contributed by atoms with Crippen LogP contribution in [0.3, 0.4) is 0 Å². The van der Waals surface area contributed by atoms with Gasteiger partial charge in [0.05, 0.1) is 31.7 Å². The predicted molar refractivity (Wildman–Crippen MR) is 137 cm³/mol. The Morgan fingerprint density at radius 3 is 1.41 bits per heavy atom. The first-order valence-corrected chi connectivity index (χ1v) is 15.7. The van der Waals surface area contributed by atoms with Crippen LogP contribution in [-0.2, 0) is 32.7 Å². The average molecular weight is 527 g/mol. The fraction of sp³-hybridized carbons (Fsp3) is 0.920. The van der Waals surface area contributed by atoms with Crippen LogP contribution in [-0.4, -0.2) is 38.4 Å². The van der Waals surface area contributed by atoms with Crippen molar-refractivity contribution in [3.05, 3.63) is 0 Å². The maximum absolute atomic E-state index is 12.3. The smallest absolute Gasteiger partial charge is 0.424 e. The molecule has 7 nitrogen and oxygen atoms in total. The number of hydrogen-bond acceptors (Lipinski definition) is 7. The Balaban J connectivity index is 4.13. The van der Waals surface area contributed by atoms with Crippen molar-refractivity contribution in [2.75, 3.05) is 26.4 Å². The molecule has 0 saturated carbocycles. The van der Waals surface area contributed by atoms with Crippen LogP contribution in [0.25, 0.3) is 0 Å². The van der Waals surface area contributed by atoms with E-state index in [-0.39, 0.29) is 50.2 Å². The molecule has 0 aliphatic rings. The number of esters is 2. The van der Waals surface area contributed by atoms with E-state index in [9.17, 15) is 14.2 Å². The summed E-state index contributed by atoms with van der Waals surface area (Å²) < 4.78 is 33.1. The zero-order valence-electron chi connectivity index (χ0n) is 21.9. The summed E-state index contributed by atoms with van der Waals surface area (Å²) in [5, 5.41) is 0. The molecule has 0 radical (unpaired) electrons. The molecular formula is C25H48ClO7P. The quantitative estimate of drug-likeness (QED) is 0.0760. The van der Waals surface area contributed by atoms with Crippen LogP contribution in [0.4, 0.5) is 0 Å². The van der Waals surface area contributed by atoms with E-state index in [4.69, 9.17) is 29.8 Å². The molecule has 1 unspecified atom stereocenters.